The van der Waals surface area contributed by atoms with Crippen LogP contribution in [0.1, 0.15) is 18.1 Å². The standard InChI is InChI=1S/C26H20F3N3O2/c1-16(33)9-11-20-24(31-18-7-5-6-17(14-18)26(27,28)29)21-15-19(34-2)10-12-22(21)32-25(20)23-8-3-4-13-30-23/h3-15H,1-2H3,(H,31,32)/b11-9+. The number of anilines is 2. The number of rotatable bonds is 6. The molecule has 5 nitrogen and oxygen atoms in total. The van der Waals surface area contributed by atoms with E-state index in [1.54, 1.807) is 54.7 Å². The molecule has 2 aromatic carbocycles. The van der Waals surface area contributed by atoms with Crippen LogP contribution in [0.3, 0.4) is 0 Å². The molecule has 34 heavy (non-hydrogen) atoms. The van der Waals surface area contributed by atoms with Gasteiger partial charge in [-0.05, 0) is 67.6 Å². The number of aromatic nitrogens is 2. The normalized spacial score (nSPS) is 11.7. The lowest BCUT2D eigenvalue weighted by Gasteiger charge is -2.18. The van der Waals surface area contributed by atoms with E-state index in [9.17, 15) is 18.0 Å². The van der Waals surface area contributed by atoms with E-state index in [4.69, 9.17) is 9.72 Å². The lowest BCUT2D eigenvalue weighted by atomic mass is 10.0. The molecule has 0 radical (unpaired) electrons. The van der Waals surface area contributed by atoms with Crippen molar-refractivity contribution in [3.63, 3.8) is 0 Å². The van der Waals surface area contributed by atoms with E-state index in [0.29, 0.717) is 39.3 Å². The zero-order chi connectivity index (χ0) is 24.3. The van der Waals surface area contributed by atoms with E-state index < -0.39 is 11.7 Å². The van der Waals surface area contributed by atoms with Crippen LogP contribution in [0, 0.1) is 0 Å². The van der Waals surface area contributed by atoms with Gasteiger partial charge in [0.2, 0.25) is 0 Å². The molecule has 2 heterocycles. The van der Waals surface area contributed by atoms with Gasteiger partial charge >= 0.3 is 6.18 Å². The topological polar surface area (TPSA) is 64.1 Å². The molecule has 8 heteroatoms. The third-order valence-corrected chi connectivity index (χ3v) is 5.08. The number of nitrogens with one attached hydrogen (secondary N) is 1. The largest absolute Gasteiger partial charge is 0.497 e. The molecule has 0 aliphatic heterocycles. The van der Waals surface area contributed by atoms with E-state index in [2.05, 4.69) is 10.3 Å². The number of pyridine rings is 2. The Labute approximate surface area is 193 Å². The fourth-order valence-corrected chi connectivity index (χ4v) is 3.50. The predicted octanol–water partition coefficient (Wildman–Crippen LogP) is 6.67. The van der Waals surface area contributed by atoms with E-state index in [1.165, 1.54) is 26.2 Å². The molecule has 0 atom stereocenters. The predicted molar refractivity (Wildman–Crippen MR) is 126 cm³/mol. The molecule has 4 aromatic rings. The van der Waals surface area contributed by atoms with Crippen LogP contribution in [0.15, 0.2) is 72.9 Å². The molecular weight excluding hydrogens is 443 g/mol. The first kappa shape index (κ1) is 23.0. The summed E-state index contributed by atoms with van der Waals surface area (Å²) < 4.78 is 45.3. The van der Waals surface area contributed by atoms with Crippen LogP contribution in [0.2, 0.25) is 0 Å². The summed E-state index contributed by atoms with van der Waals surface area (Å²) in [7, 11) is 1.52. The number of allylic oxidation sites excluding steroid dienone is 1. The first-order chi connectivity index (χ1) is 16.3. The number of ketones is 1. The Kier molecular flexibility index (Phi) is 6.32. The second kappa shape index (κ2) is 9.35. The first-order valence-corrected chi connectivity index (χ1v) is 10.3. The van der Waals surface area contributed by atoms with Gasteiger partial charge in [0.25, 0.3) is 0 Å². The van der Waals surface area contributed by atoms with Crippen LogP contribution < -0.4 is 10.1 Å². The molecule has 0 saturated heterocycles. The molecule has 0 saturated carbocycles. The van der Waals surface area contributed by atoms with Crippen molar-refractivity contribution in [3.8, 4) is 17.1 Å². The van der Waals surface area contributed by atoms with Gasteiger partial charge in [-0.2, -0.15) is 13.2 Å². The maximum Gasteiger partial charge on any atom is 0.416 e. The lowest BCUT2D eigenvalue weighted by molar-refractivity contribution is -0.137. The molecule has 2 aromatic heterocycles. The van der Waals surface area contributed by atoms with Gasteiger partial charge < -0.3 is 10.1 Å². The minimum absolute atomic E-state index is 0.192. The lowest BCUT2D eigenvalue weighted by Crippen LogP contribution is -2.06. The van der Waals surface area contributed by atoms with Crippen molar-refractivity contribution in [3.05, 3.63) is 84.1 Å². The highest BCUT2D eigenvalue weighted by Gasteiger charge is 2.30. The highest BCUT2D eigenvalue weighted by atomic mass is 19.4. The molecule has 4 rings (SSSR count). The Morgan fingerprint density at radius 1 is 1.06 bits per heavy atom. The van der Waals surface area contributed by atoms with Crippen LogP contribution >= 0.6 is 0 Å². The second-order valence-electron chi connectivity index (χ2n) is 7.49. The molecule has 1 N–H and O–H groups in total. The van der Waals surface area contributed by atoms with E-state index >= 15 is 0 Å². The fraction of sp³-hybridized carbons (Fsp3) is 0.115. The van der Waals surface area contributed by atoms with Crippen LogP contribution in [0.4, 0.5) is 24.5 Å². The molecule has 0 aliphatic rings. The molecule has 0 fully saturated rings. The Hall–Kier alpha value is -4.20. The number of nitrogens with zero attached hydrogens (tertiary/aromatic N) is 2. The van der Waals surface area contributed by atoms with Crippen molar-refractivity contribution in [2.75, 3.05) is 12.4 Å². The molecule has 0 spiro atoms. The van der Waals surface area contributed by atoms with Crippen LogP contribution in [-0.2, 0) is 11.0 Å². The summed E-state index contributed by atoms with van der Waals surface area (Å²) >= 11 is 0. The summed E-state index contributed by atoms with van der Waals surface area (Å²) in [6, 6.07) is 15.5. The van der Waals surface area contributed by atoms with Crippen LogP contribution in [-0.4, -0.2) is 22.9 Å². The third kappa shape index (κ3) is 4.91. The summed E-state index contributed by atoms with van der Waals surface area (Å²) in [5.74, 6) is 0.358. The number of fused-ring (bicyclic) bond motifs is 1. The maximum atomic E-state index is 13.3. The minimum atomic E-state index is -4.49. The summed E-state index contributed by atoms with van der Waals surface area (Å²) in [5, 5.41) is 3.74. The Bertz CT molecular complexity index is 1380. The summed E-state index contributed by atoms with van der Waals surface area (Å²) in [6.07, 6.45) is 0.103. The fourth-order valence-electron chi connectivity index (χ4n) is 3.50. The summed E-state index contributed by atoms with van der Waals surface area (Å²) in [5.41, 5.74) is 2.04. The van der Waals surface area contributed by atoms with Crippen molar-refractivity contribution >= 4 is 34.1 Å². The number of halogens is 3. The van der Waals surface area contributed by atoms with Crippen molar-refractivity contribution in [2.24, 2.45) is 0 Å². The second-order valence-corrected chi connectivity index (χ2v) is 7.49. The van der Waals surface area contributed by atoms with Crippen molar-refractivity contribution in [1.29, 1.82) is 0 Å². The minimum Gasteiger partial charge on any atom is -0.497 e. The molecule has 172 valence electrons. The van der Waals surface area contributed by atoms with Gasteiger partial charge in [-0.25, -0.2) is 4.98 Å². The smallest absolute Gasteiger partial charge is 0.416 e. The number of ether oxygens (including phenoxy) is 1. The molecular formula is C26H20F3N3O2. The summed E-state index contributed by atoms with van der Waals surface area (Å²) in [4.78, 5) is 20.9. The van der Waals surface area contributed by atoms with E-state index in [1.807, 2.05) is 0 Å². The number of hydrogen-bond acceptors (Lipinski definition) is 5. The molecule has 0 aliphatic carbocycles. The van der Waals surface area contributed by atoms with Crippen LogP contribution in [0.5, 0.6) is 5.75 Å². The Morgan fingerprint density at radius 3 is 2.56 bits per heavy atom. The van der Waals surface area contributed by atoms with Gasteiger partial charge in [-0.1, -0.05) is 12.1 Å². The SMILES string of the molecule is COc1ccc2nc(-c3ccccn3)c(/C=C/C(C)=O)c(Nc3cccc(C(F)(F)F)c3)c2c1. The first-order valence-electron chi connectivity index (χ1n) is 10.3. The maximum absolute atomic E-state index is 13.3. The summed E-state index contributed by atoms with van der Waals surface area (Å²) in [6.45, 7) is 1.41. The average Bonchev–Trinajstić information content (AvgIpc) is 2.83. The number of methoxy groups -OCH3 is 1. The molecule has 0 amide bonds. The highest BCUT2D eigenvalue weighted by Crippen LogP contribution is 2.38. The average molecular weight is 463 g/mol. The van der Waals surface area contributed by atoms with Crippen molar-refractivity contribution in [1.82, 2.24) is 9.97 Å². The Morgan fingerprint density at radius 2 is 1.88 bits per heavy atom. The highest BCUT2D eigenvalue weighted by molar-refractivity contribution is 6.03. The third-order valence-electron chi connectivity index (χ3n) is 5.08. The van der Waals surface area contributed by atoms with E-state index in [-0.39, 0.29) is 11.5 Å². The van der Waals surface area contributed by atoms with Crippen molar-refractivity contribution < 1.29 is 22.7 Å². The number of hydrogen-bond donors (Lipinski definition) is 1. The number of benzene rings is 2. The van der Waals surface area contributed by atoms with Gasteiger partial charge in [0.1, 0.15) is 5.75 Å². The van der Waals surface area contributed by atoms with Gasteiger partial charge in [0, 0.05) is 22.8 Å². The van der Waals surface area contributed by atoms with Gasteiger partial charge in [-0.15, -0.1) is 0 Å². The number of carbonyl (C=O) groups excluding carboxylic acids is 1. The van der Waals surface area contributed by atoms with Gasteiger partial charge in [0.05, 0.1) is 35.3 Å². The monoisotopic (exact) mass is 463 g/mol. The Balaban J connectivity index is 2.02. The zero-order valence-corrected chi connectivity index (χ0v) is 18.4. The van der Waals surface area contributed by atoms with Gasteiger partial charge in [0.15, 0.2) is 5.78 Å². The number of alkyl halides is 3. The molecule has 0 unspecified atom stereocenters. The van der Waals surface area contributed by atoms with Crippen LogP contribution in [0.25, 0.3) is 28.4 Å². The zero-order valence-electron chi connectivity index (χ0n) is 18.4. The van der Waals surface area contributed by atoms with Gasteiger partial charge in [-0.3, -0.25) is 9.78 Å². The quantitative estimate of drug-likeness (QED) is 0.324. The van der Waals surface area contributed by atoms with E-state index in [0.717, 1.165) is 12.1 Å². The van der Waals surface area contributed by atoms with Crippen molar-refractivity contribution in [2.45, 2.75) is 13.1 Å². The molecule has 0 bridgehead atoms. The number of carbonyl (C=O) groups is 1.